The molecule has 0 aliphatic rings. The van der Waals surface area contributed by atoms with Crippen molar-refractivity contribution in [1.29, 1.82) is 0 Å². The Morgan fingerprint density at radius 3 is 2.07 bits per heavy atom. The minimum Gasteiger partial charge on any atom is -0.147 e. The summed E-state index contributed by atoms with van der Waals surface area (Å²) in [6, 6.07) is 10.8. The highest BCUT2D eigenvalue weighted by Crippen LogP contribution is 2.23. The zero-order valence-corrected chi connectivity index (χ0v) is 10.8. The van der Waals surface area contributed by atoms with E-state index in [1.165, 1.54) is 27.5 Å². The SMILES string of the molecule is Cc1cc2ccccc2c(C)c1C.Cl.Cl. The summed E-state index contributed by atoms with van der Waals surface area (Å²) >= 11 is 0. The van der Waals surface area contributed by atoms with Crippen molar-refractivity contribution in [2.45, 2.75) is 20.8 Å². The van der Waals surface area contributed by atoms with Gasteiger partial charge >= 0.3 is 0 Å². The van der Waals surface area contributed by atoms with Crippen LogP contribution in [0.4, 0.5) is 0 Å². The fourth-order valence-corrected chi connectivity index (χ4v) is 1.80. The average Bonchev–Trinajstić information content (AvgIpc) is 2.15. The minimum atomic E-state index is 0. The summed E-state index contributed by atoms with van der Waals surface area (Å²) in [6.07, 6.45) is 0. The van der Waals surface area contributed by atoms with Crippen LogP contribution in [0.25, 0.3) is 10.8 Å². The lowest BCUT2D eigenvalue weighted by Crippen LogP contribution is -1.87. The molecule has 0 radical (unpaired) electrons. The zero-order chi connectivity index (χ0) is 9.42. The highest BCUT2D eigenvalue weighted by Gasteiger charge is 2.01. The van der Waals surface area contributed by atoms with E-state index < -0.39 is 0 Å². The monoisotopic (exact) mass is 242 g/mol. The number of fused-ring (bicyclic) bond motifs is 1. The van der Waals surface area contributed by atoms with E-state index in [4.69, 9.17) is 0 Å². The summed E-state index contributed by atoms with van der Waals surface area (Å²) in [5.74, 6) is 0. The van der Waals surface area contributed by atoms with E-state index in [1.807, 2.05) is 0 Å². The van der Waals surface area contributed by atoms with Crippen LogP contribution in [0.3, 0.4) is 0 Å². The molecule has 2 aromatic rings. The molecule has 2 aromatic carbocycles. The van der Waals surface area contributed by atoms with Crippen molar-refractivity contribution in [1.82, 2.24) is 0 Å². The van der Waals surface area contributed by atoms with Gasteiger partial charge in [-0.3, -0.25) is 0 Å². The number of halogens is 2. The quantitative estimate of drug-likeness (QED) is 0.633. The molecule has 0 aliphatic heterocycles. The third kappa shape index (κ3) is 2.45. The van der Waals surface area contributed by atoms with E-state index in [0.717, 1.165) is 0 Å². The first-order valence-corrected chi connectivity index (χ1v) is 4.65. The lowest BCUT2D eigenvalue weighted by atomic mass is 9.97. The fraction of sp³-hybridized carbons (Fsp3) is 0.231. The van der Waals surface area contributed by atoms with Gasteiger partial charge in [0.1, 0.15) is 0 Å². The summed E-state index contributed by atoms with van der Waals surface area (Å²) < 4.78 is 0. The molecule has 0 saturated heterocycles. The maximum atomic E-state index is 2.26. The molecule has 0 nitrogen and oxygen atoms in total. The molecule has 0 saturated carbocycles. The molecule has 0 heterocycles. The first-order chi connectivity index (χ1) is 6.20. The topological polar surface area (TPSA) is 0 Å². The number of aryl methyl sites for hydroxylation is 2. The van der Waals surface area contributed by atoms with Crippen molar-refractivity contribution in [3.05, 3.63) is 47.0 Å². The Hall–Kier alpha value is -0.720. The van der Waals surface area contributed by atoms with E-state index in [9.17, 15) is 0 Å². The molecule has 0 fully saturated rings. The Morgan fingerprint density at radius 1 is 0.800 bits per heavy atom. The van der Waals surface area contributed by atoms with Crippen molar-refractivity contribution >= 4 is 35.6 Å². The predicted octanol–water partition coefficient (Wildman–Crippen LogP) is 4.61. The summed E-state index contributed by atoms with van der Waals surface area (Å²) in [4.78, 5) is 0. The standard InChI is InChI=1S/C13H14.2ClH/c1-9-8-12-6-4-5-7-13(12)11(3)10(9)2;;/h4-8H,1-3H3;2*1H. The van der Waals surface area contributed by atoms with Gasteiger partial charge < -0.3 is 0 Å². The summed E-state index contributed by atoms with van der Waals surface area (Å²) in [6.45, 7) is 6.57. The van der Waals surface area contributed by atoms with Gasteiger partial charge in [0.15, 0.2) is 0 Å². The van der Waals surface area contributed by atoms with Crippen molar-refractivity contribution in [2.75, 3.05) is 0 Å². The number of hydrogen-bond donors (Lipinski definition) is 0. The molecule has 0 unspecified atom stereocenters. The van der Waals surface area contributed by atoms with E-state index in [0.29, 0.717) is 0 Å². The van der Waals surface area contributed by atoms with Crippen molar-refractivity contribution < 1.29 is 0 Å². The Morgan fingerprint density at radius 2 is 1.40 bits per heavy atom. The molecule has 2 heteroatoms. The van der Waals surface area contributed by atoms with Gasteiger partial charge in [-0.15, -0.1) is 24.8 Å². The Labute approximate surface area is 104 Å². The molecule has 82 valence electrons. The van der Waals surface area contributed by atoms with Crippen LogP contribution >= 0.6 is 24.8 Å². The van der Waals surface area contributed by atoms with Gasteiger partial charge in [-0.1, -0.05) is 30.3 Å². The Balaban J connectivity index is 0.000000980. The molecule has 0 spiro atoms. The number of hydrogen-bond acceptors (Lipinski definition) is 0. The van der Waals surface area contributed by atoms with Crippen LogP contribution in [0.5, 0.6) is 0 Å². The van der Waals surface area contributed by atoms with Crippen molar-refractivity contribution in [2.24, 2.45) is 0 Å². The average molecular weight is 243 g/mol. The van der Waals surface area contributed by atoms with Gasteiger partial charge in [0.2, 0.25) is 0 Å². The van der Waals surface area contributed by atoms with Crippen LogP contribution in [0.2, 0.25) is 0 Å². The molecule has 0 aliphatic carbocycles. The Bertz CT molecular complexity index is 461. The normalized spacial score (nSPS) is 9.27. The maximum Gasteiger partial charge on any atom is -0.0152 e. The van der Waals surface area contributed by atoms with Crippen molar-refractivity contribution in [3.63, 3.8) is 0 Å². The van der Waals surface area contributed by atoms with Crippen LogP contribution in [-0.2, 0) is 0 Å². The van der Waals surface area contributed by atoms with E-state index in [-0.39, 0.29) is 24.8 Å². The highest BCUT2D eigenvalue weighted by atomic mass is 35.5. The van der Waals surface area contributed by atoms with Crippen LogP contribution in [0.1, 0.15) is 16.7 Å². The van der Waals surface area contributed by atoms with Crippen LogP contribution < -0.4 is 0 Å². The first-order valence-electron chi connectivity index (χ1n) is 4.65. The second-order valence-corrected chi connectivity index (χ2v) is 3.66. The molecule has 0 atom stereocenters. The van der Waals surface area contributed by atoms with Crippen LogP contribution in [0.15, 0.2) is 30.3 Å². The van der Waals surface area contributed by atoms with Gasteiger partial charge in [-0.25, -0.2) is 0 Å². The smallest absolute Gasteiger partial charge is 0.0152 e. The zero-order valence-electron chi connectivity index (χ0n) is 9.20. The largest absolute Gasteiger partial charge is 0.147 e. The molecule has 15 heavy (non-hydrogen) atoms. The molecule has 0 N–H and O–H groups in total. The van der Waals surface area contributed by atoms with Gasteiger partial charge in [-0.2, -0.15) is 0 Å². The molecule has 0 amide bonds. The van der Waals surface area contributed by atoms with Gasteiger partial charge in [0, 0.05) is 0 Å². The maximum absolute atomic E-state index is 2.26. The lowest BCUT2D eigenvalue weighted by molar-refractivity contribution is 1.30. The summed E-state index contributed by atoms with van der Waals surface area (Å²) in [7, 11) is 0. The van der Waals surface area contributed by atoms with E-state index in [2.05, 4.69) is 51.1 Å². The second-order valence-electron chi connectivity index (χ2n) is 3.66. The van der Waals surface area contributed by atoms with Crippen LogP contribution in [-0.4, -0.2) is 0 Å². The third-order valence-electron chi connectivity index (χ3n) is 2.89. The van der Waals surface area contributed by atoms with Crippen molar-refractivity contribution in [3.8, 4) is 0 Å². The predicted molar refractivity (Wildman–Crippen MR) is 72.7 cm³/mol. The van der Waals surface area contributed by atoms with Crippen LogP contribution in [0, 0.1) is 20.8 Å². The first kappa shape index (κ1) is 14.3. The van der Waals surface area contributed by atoms with Gasteiger partial charge in [0.05, 0.1) is 0 Å². The lowest BCUT2D eigenvalue weighted by Gasteiger charge is -2.08. The van der Waals surface area contributed by atoms with Gasteiger partial charge in [-0.05, 0) is 48.2 Å². The molecule has 0 bridgehead atoms. The van der Waals surface area contributed by atoms with E-state index >= 15 is 0 Å². The summed E-state index contributed by atoms with van der Waals surface area (Å²) in [5, 5.41) is 2.73. The second kappa shape index (κ2) is 5.39. The number of benzene rings is 2. The minimum absolute atomic E-state index is 0. The fourth-order valence-electron chi connectivity index (χ4n) is 1.80. The Kier molecular flexibility index (Phi) is 5.13. The summed E-state index contributed by atoms with van der Waals surface area (Å²) in [5.41, 5.74) is 4.21. The molecule has 0 aromatic heterocycles. The highest BCUT2D eigenvalue weighted by molar-refractivity contribution is 5.87. The molecular weight excluding hydrogens is 227 g/mol. The number of rotatable bonds is 0. The third-order valence-corrected chi connectivity index (χ3v) is 2.89. The molecule has 2 rings (SSSR count). The molecular formula is C13H16Cl2. The van der Waals surface area contributed by atoms with E-state index in [1.54, 1.807) is 0 Å². The van der Waals surface area contributed by atoms with Gasteiger partial charge in [0.25, 0.3) is 0 Å².